The summed E-state index contributed by atoms with van der Waals surface area (Å²) in [7, 11) is 0. The molecular formula is C28H26F4N2O5S. The largest absolute Gasteiger partial charge is 0.481 e. The molecule has 2 atom stereocenters. The van der Waals surface area contributed by atoms with Gasteiger partial charge in [-0.15, -0.1) is 0 Å². The fourth-order valence-corrected chi connectivity index (χ4v) is 5.88. The highest BCUT2D eigenvalue weighted by molar-refractivity contribution is 7.99. The summed E-state index contributed by atoms with van der Waals surface area (Å²) >= 11 is 1.29. The molecule has 7 nitrogen and oxygen atoms in total. The van der Waals surface area contributed by atoms with E-state index in [1.54, 1.807) is 18.2 Å². The van der Waals surface area contributed by atoms with Crippen molar-refractivity contribution < 1.29 is 41.8 Å². The third-order valence-electron chi connectivity index (χ3n) is 6.80. The Morgan fingerprint density at radius 1 is 1.07 bits per heavy atom. The Kier molecular flexibility index (Phi) is 8.97. The van der Waals surface area contributed by atoms with Gasteiger partial charge in [-0.2, -0.15) is 13.2 Å². The predicted molar refractivity (Wildman–Crippen MR) is 139 cm³/mol. The summed E-state index contributed by atoms with van der Waals surface area (Å²) in [4.78, 5) is 52.3. The summed E-state index contributed by atoms with van der Waals surface area (Å²) in [5.41, 5.74) is 0.490. The standard InChI is InChI=1S/C28H26F4N2O5S/c29-15-22(35)20(14-26(37)38)33-27(39)21-6-3-4-10-34(21)25(36)12-17-11-16-5-1-2-7-23(16)40-24-9-8-18(13-19(17)24)28(30,31)32/h1-2,5,7-9,11,13,20-21H,3-4,6,10,12,14-15H2,(H,33,39)(H,37,38)/t20?,21-/m0/s1. The van der Waals surface area contributed by atoms with Crippen LogP contribution in [0.3, 0.4) is 0 Å². The Hall–Kier alpha value is -3.67. The average Bonchev–Trinajstić information content (AvgIpc) is 3.07. The number of hydrogen-bond donors (Lipinski definition) is 2. The number of halogens is 4. The zero-order valence-corrected chi connectivity index (χ0v) is 22.0. The van der Waals surface area contributed by atoms with Gasteiger partial charge in [0.25, 0.3) is 0 Å². The van der Waals surface area contributed by atoms with E-state index in [1.165, 1.54) is 22.7 Å². The van der Waals surface area contributed by atoms with E-state index in [4.69, 9.17) is 5.11 Å². The van der Waals surface area contributed by atoms with Gasteiger partial charge in [-0.3, -0.25) is 19.2 Å². The summed E-state index contributed by atoms with van der Waals surface area (Å²) in [6, 6.07) is 7.99. The van der Waals surface area contributed by atoms with Crippen LogP contribution in [0.15, 0.2) is 52.3 Å². The van der Waals surface area contributed by atoms with Crippen LogP contribution in [0.25, 0.3) is 11.6 Å². The first-order valence-corrected chi connectivity index (χ1v) is 13.4. The number of carboxylic acids is 1. The fraction of sp³-hybridized carbons (Fsp3) is 0.357. The molecule has 2 N–H and O–H groups in total. The molecule has 0 aliphatic carbocycles. The van der Waals surface area contributed by atoms with Crippen LogP contribution in [0.4, 0.5) is 17.6 Å². The van der Waals surface area contributed by atoms with Gasteiger partial charge >= 0.3 is 12.1 Å². The maximum atomic E-state index is 13.6. The monoisotopic (exact) mass is 578 g/mol. The predicted octanol–water partition coefficient (Wildman–Crippen LogP) is 4.98. The number of alkyl halides is 4. The molecule has 12 heteroatoms. The molecule has 0 saturated carbocycles. The van der Waals surface area contributed by atoms with Crippen molar-refractivity contribution in [3.8, 4) is 0 Å². The van der Waals surface area contributed by atoms with Crippen LogP contribution in [-0.2, 0) is 25.4 Å². The molecule has 1 fully saturated rings. The molecule has 2 amide bonds. The van der Waals surface area contributed by atoms with Crippen LogP contribution < -0.4 is 5.32 Å². The fourth-order valence-electron chi connectivity index (χ4n) is 4.82. The first-order chi connectivity index (χ1) is 19.0. The number of ketones is 1. The molecule has 2 aromatic rings. The van der Waals surface area contributed by atoms with Crippen molar-refractivity contribution in [2.24, 2.45) is 0 Å². The minimum atomic E-state index is -4.59. The van der Waals surface area contributed by atoms with Gasteiger partial charge in [0.15, 0.2) is 5.78 Å². The quantitative estimate of drug-likeness (QED) is 0.429. The number of aliphatic carboxylic acids is 1. The lowest BCUT2D eigenvalue weighted by atomic mass is 9.95. The minimum Gasteiger partial charge on any atom is -0.481 e. The number of carbonyl (C=O) groups excluding carboxylic acids is 3. The minimum absolute atomic E-state index is 0.186. The maximum Gasteiger partial charge on any atom is 0.416 e. The van der Waals surface area contributed by atoms with Gasteiger partial charge in [0.1, 0.15) is 18.8 Å². The van der Waals surface area contributed by atoms with Gasteiger partial charge in [-0.1, -0.05) is 30.0 Å². The highest BCUT2D eigenvalue weighted by atomic mass is 32.2. The van der Waals surface area contributed by atoms with Crippen LogP contribution in [-0.4, -0.2) is 58.9 Å². The summed E-state index contributed by atoms with van der Waals surface area (Å²) < 4.78 is 53.7. The van der Waals surface area contributed by atoms with E-state index in [1.807, 2.05) is 12.1 Å². The van der Waals surface area contributed by atoms with Crippen LogP contribution in [0, 0.1) is 0 Å². The summed E-state index contributed by atoms with van der Waals surface area (Å²) in [6.45, 7) is -1.27. The maximum absolute atomic E-state index is 13.6. The van der Waals surface area contributed by atoms with E-state index in [0.717, 1.165) is 22.6 Å². The number of nitrogens with zero attached hydrogens (tertiary/aromatic N) is 1. The van der Waals surface area contributed by atoms with Gasteiger partial charge in [-0.25, -0.2) is 4.39 Å². The van der Waals surface area contributed by atoms with Crippen LogP contribution in [0.2, 0.25) is 0 Å². The third kappa shape index (κ3) is 6.72. The number of nitrogens with one attached hydrogen (secondary N) is 1. The number of likely N-dealkylation sites (tertiary alicyclic amines) is 1. The second-order valence-corrected chi connectivity index (χ2v) is 10.6. The summed E-state index contributed by atoms with van der Waals surface area (Å²) in [5.74, 6) is -3.79. The van der Waals surface area contributed by atoms with Crippen molar-refractivity contribution in [1.82, 2.24) is 10.2 Å². The summed E-state index contributed by atoms with van der Waals surface area (Å²) in [5, 5.41) is 11.3. The molecule has 0 spiro atoms. The Morgan fingerprint density at radius 2 is 1.82 bits per heavy atom. The van der Waals surface area contributed by atoms with Crippen molar-refractivity contribution in [2.45, 2.75) is 60.2 Å². The lowest BCUT2D eigenvalue weighted by Gasteiger charge is -2.35. The normalized spacial score (nSPS) is 17.6. The van der Waals surface area contributed by atoms with Gasteiger partial charge in [-0.05, 0) is 66.3 Å². The molecular weight excluding hydrogens is 552 g/mol. The first-order valence-electron chi connectivity index (χ1n) is 12.6. The van der Waals surface area contributed by atoms with Crippen molar-refractivity contribution in [2.75, 3.05) is 13.2 Å². The van der Waals surface area contributed by atoms with E-state index in [-0.39, 0.29) is 24.9 Å². The van der Waals surface area contributed by atoms with Gasteiger partial charge in [0.05, 0.1) is 18.4 Å². The number of fused-ring (bicyclic) bond motifs is 2. The van der Waals surface area contributed by atoms with E-state index in [9.17, 15) is 36.7 Å². The zero-order valence-electron chi connectivity index (χ0n) is 21.2. The number of amides is 2. The van der Waals surface area contributed by atoms with Crippen LogP contribution in [0.1, 0.15) is 48.8 Å². The van der Waals surface area contributed by atoms with E-state index in [2.05, 4.69) is 5.32 Å². The van der Waals surface area contributed by atoms with Gasteiger partial charge in [0, 0.05) is 16.3 Å². The van der Waals surface area contributed by atoms with E-state index >= 15 is 0 Å². The SMILES string of the molecule is O=C(O)CC(NC(=O)[C@@H]1CCCCN1C(=O)CC1=Cc2ccccc2Sc2ccc(C(F)(F)F)cc21)C(=O)CF. The molecule has 2 aromatic carbocycles. The molecule has 0 aromatic heterocycles. The number of Topliss-reactive ketones (excluding diaryl/α,β-unsaturated/α-hetero) is 1. The number of hydrogen-bond acceptors (Lipinski definition) is 5. The lowest BCUT2D eigenvalue weighted by molar-refractivity contribution is -0.144. The smallest absolute Gasteiger partial charge is 0.416 e. The number of carboxylic acid groups (broad SMARTS) is 1. The Bertz CT molecular complexity index is 1360. The molecule has 4 rings (SSSR count). The van der Waals surface area contributed by atoms with Gasteiger partial charge in [0.2, 0.25) is 11.8 Å². The molecule has 2 aliphatic rings. The Morgan fingerprint density at radius 3 is 2.52 bits per heavy atom. The number of piperidine rings is 1. The van der Waals surface area contributed by atoms with Crippen molar-refractivity contribution in [1.29, 1.82) is 0 Å². The van der Waals surface area contributed by atoms with Crippen molar-refractivity contribution in [3.63, 3.8) is 0 Å². The van der Waals surface area contributed by atoms with Crippen molar-refractivity contribution in [3.05, 3.63) is 59.2 Å². The molecule has 1 saturated heterocycles. The first kappa shape index (κ1) is 29.3. The summed E-state index contributed by atoms with van der Waals surface area (Å²) in [6.07, 6.45) is -2.64. The molecule has 2 aliphatic heterocycles. The Labute approximate surface area is 231 Å². The molecule has 0 bridgehead atoms. The highest BCUT2D eigenvalue weighted by Gasteiger charge is 2.36. The van der Waals surface area contributed by atoms with E-state index < -0.39 is 60.5 Å². The second kappa shape index (κ2) is 12.2. The van der Waals surface area contributed by atoms with Crippen molar-refractivity contribution >= 4 is 47.0 Å². The Balaban J connectivity index is 1.63. The highest BCUT2D eigenvalue weighted by Crippen LogP contribution is 2.44. The van der Waals surface area contributed by atoms with Gasteiger partial charge < -0.3 is 15.3 Å². The zero-order chi connectivity index (χ0) is 29.0. The molecule has 1 unspecified atom stereocenters. The lowest BCUT2D eigenvalue weighted by Crippen LogP contribution is -2.55. The van der Waals surface area contributed by atoms with Crippen LogP contribution >= 0.6 is 11.8 Å². The number of benzene rings is 2. The van der Waals surface area contributed by atoms with E-state index in [0.29, 0.717) is 23.3 Å². The average molecular weight is 579 g/mol. The molecule has 2 heterocycles. The molecule has 40 heavy (non-hydrogen) atoms. The topological polar surface area (TPSA) is 104 Å². The second-order valence-electron chi connectivity index (χ2n) is 9.55. The third-order valence-corrected chi connectivity index (χ3v) is 7.97. The molecule has 212 valence electrons. The number of rotatable bonds is 8. The van der Waals surface area contributed by atoms with Crippen LogP contribution in [0.5, 0.6) is 0 Å². The molecule has 0 radical (unpaired) electrons. The number of carbonyl (C=O) groups is 4.